The molecule has 0 unspecified atom stereocenters. The number of H-pyrrole nitrogens is 1. The highest BCUT2D eigenvalue weighted by Crippen LogP contribution is 2.36. The topological polar surface area (TPSA) is 105 Å². The third-order valence-corrected chi connectivity index (χ3v) is 4.83. The van der Waals surface area contributed by atoms with E-state index in [2.05, 4.69) is 46.2 Å². The predicted molar refractivity (Wildman–Crippen MR) is 107 cm³/mol. The van der Waals surface area contributed by atoms with Crippen LogP contribution in [0.25, 0.3) is 22.4 Å². The summed E-state index contributed by atoms with van der Waals surface area (Å²) >= 11 is 16.1. The van der Waals surface area contributed by atoms with Gasteiger partial charge in [-0.3, -0.25) is 0 Å². The minimum absolute atomic E-state index is 0.161. The van der Waals surface area contributed by atoms with Crippen molar-refractivity contribution in [2.75, 3.05) is 11.1 Å². The van der Waals surface area contributed by atoms with Crippen LogP contribution in [0.4, 0.5) is 17.6 Å². The summed E-state index contributed by atoms with van der Waals surface area (Å²) in [7, 11) is 0. The van der Waals surface area contributed by atoms with Crippen LogP contribution in [-0.4, -0.2) is 24.9 Å². The molecule has 0 amide bonds. The van der Waals surface area contributed by atoms with Crippen LogP contribution in [0.15, 0.2) is 41.1 Å². The van der Waals surface area contributed by atoms with E-state index in [1.165, 1.54) is 0 Å². The number of nitrogen functional groups attached to an aromatic ring is 1. The van der Waals surface area contributed by atoms with Crippen molar-refractivity contribution in [2.45, 2.75) is 0 Å². The summed E-state index contributed by atoms with van der Waals surface area (Å²) in [6.07, 6.45) is 3.21. The number of nitrogens with one attached hydrogen (secondary N) is 2. The first kappa shape index (κ1) is 17.0. The first-order valence-electron chi connectivity index (χ1n) is 7.37. The monoisotopic (exact) mass is 449 g/mol. The number of hydrogen-bond donors (Lipinski definition) is 3. The van der Waals surface area contributed by atoms with Crippen molar-refractivity contribution < 1.29 is 0 Å². The second-order valence-electron chi connectivity index (χ2n) is 5.29. The lowest BCUT2D eigenvalue weighted by Gasteiger charge is -2.05. The molecule has 4 rings (SSSR count). The van der Waals surface area contributed by atoms with E-state index in [9.17, 15) is 0 Å². The van der Waals surface area contributed by atoms with Gasteiger partial charge in [0.05, 0.1) is 25.6 Å². The summed E-state index contributed by atoms with van der Waals surface area (Å²) in [5.74, 6) is 1.71. The number of nitrogens with zero attached hydrogens (tertiary/aromatic N) is 4. The molecule has 0 aliphatic heterocycles. The Morgan fingerprint density at radius 1 is 1.08 bits per heavy atom. The molecule has 0 spiro atoms. The first-order valence-corrected chi connectivity index (χ1v) is 8.92. The number of nitrogens with two attached hydrogens (primary N) is 1. The summed E-state index contributed by atoms with van der Waals surface area (Å²) in [6.45, 7) is 0. The second-order valence-corrected chi connectivity index (χ2v) is 6.95. The van der Waals surface area contributed by atoms with Gasteiger partial charge in [-0.15, -0.1) is 0 Å². The van der Waals surface area contributed by atoms with E-state index in [0.717, 1.165) is 9.99 Å². The van der Waals surface area contributed by atoms with Crippen molar-refractivity contribution in [1.29, 1.82) is 0 Å². The molecular weight excluding hydrogens is 441 g/mol. The SMILES string of the molecule is Nc1nccc(Nc2ncc(Br)c3[nH]c(-c4c(Cl)cccc4Cl)nc23)n1. The van der Waals surface area contributed by atoms with Gasteiger partial charge in [-0.1, -0.05) is 29.3 Å². The van der Waals surface area contributed by atoms with Crippen LogP contribution in [0.5, 0.6) is 0 Å². The van der Waals surface area contributed by atoms with Crippen molar-refractivity contribution in [3.05, 3.63) is 51.2 Å². The molecule has 0 radical (unpaired) electrons. The minimum atomic E-state index is 0.161. The van der Waals surface area contributed by atoms with Crippen LogP contribution >= 0.6 is 39.1 Å². The molecule has 1 aromatic carbocycles. The molecule has 130 valence electrons. The van der Waals surface area contributed by atoms with Crippen LogP contribution in [0.2, 0.25) is 10.0 Å². The number of imidazole rings is 1. The zero-order valence-corrected chi connectivity index (χ0v) is 16.1. The fourth-order valence-corrected chi connectivity index (χ4v) is 3.43. The highest BCUT2D eigenvalue weighted by atomic mass is 79.9. The second kappa shape index (κ2) is 6.71. The molecular formula is C16H10BrCl2N7. The van der Waals surface area contributed by atoms with Gasteiger partial charge in [-0.2, -0.15) is 4.98 Å². The van der Waals surface area contributed by atoms with E-state index < -0.39 is 0 Å². The quantitative estimate of drug-likeness (QED) is 0.413. The fourth-order valence-electron chi connectivity index (χ4n) is 2.46. The Morgan fingerprint density at radius 3 is 2.58 bits per heavy atom. The van der Waals surface area contributed by atoms with Gasteiger partial charge in [-0.05, 0) is 34.1 Å². The van der Waals surface area contributed by atoms with Crippen LogP contribution in [0.3, 0.4) is 0 Å². The van der Waals surface area contributed by atoms with Crippen molar-refractivity contribution >= 4 is 67.7 Å². The molecule has 0 saturated heterocycles. The lowest BCUT2D eigenvalue weighted by Crippen LogP contribution is -2.01. The Morgan fingerprint density at radius 2 is 1.85 bits per heavy atom. The van der Waals surface area contributed by atoms with E-state index in [0.29, 0.717) is 38.6 Å². The number of rotatable bonds is 3. The molecule has 0 aliphatic carbocycles. The molecule has 26 heavy (non-hydrogen) atoms. The molecule has 4 aromatic rings. The van der Waals surface area contributed by atoms with Crippen molar-refractivity contribution in [3.8, 4) is 11.4 Å². The number of benzene rings is 1. The summed E-state index contributed by atoms with van der Waals surface area (Å²) in [6, 6.07) is 6.98. The maximum atomic E-state index is 6.30. The number of hydrogen-bond acceptors (Lipinski definition) is 6. The highest BCUT2D eigenvalue weighted by molar-refractivity contribution is 9.10. The van der Waals surface area contributed by atoms with E-state index in [1.807, 2.05) is 0 Å². The molecule has 0 fully saturated rings. The maximum absolute atomic E-state index is 6.30. The van der Waals surface area contributed by atoms with Gasteiger partial charge in [-0.25, -0.2) is 15.0 Å². The van der Waals surface area contributed by atoms with E-state index in [1.54, 1.807) is 36.7 Å². The number of pyridine rings is 1. The predicted octanol–water partition coefficient (Wildman–Crippen LogP) is 4.81. The Balaban J connectivity index is 1.86. The summed E-state index contributed by atoms with van der Waals surface area (Å²) in [4.78, 5) is 20.2. The lowest BCUT2D eigenvalue weighted by molar-refractivity contribution is 1.17. The van der Waals surface area contributed by atoms with Gasteiger partial charge in [0, 0.05) is 12.4 Å². The van der Waals surface area contributed by atoms with Gasteiger partial charge in [0.25, 0.3) is 0 Å². The zero-order chi connectivity index (χ0) is 18.3. The number of anilines is 3. The largest absolute Gasteiger partial charge is 0.368 e. The van der Waals surface area contributed by atoms with Gasteiger partial charge in [0.15, 0.2) is 5.82 Å². The van der Waals surface area contributed by atoms with Crippen molar-refractivity contribution in [1.82, 2.24) is 24.9 Å². The Bertz CT molecular complexity index is 1110. The summed E-state index contributed by atoms with van der Waals surface area (Å²) < 4.78 is 0.752. The van der Waals surface area contributed by atoms with Crippen LogP contribution < -0.4 is 11.1 Å². The average Bonchev–Trinajstić information content (AvgIpc) is 3.03. The van der Waals surface area contributed by atoms with Gasteiger partial charge in [0.2, 0.25) is 5.95 Å². The van der Waals surface area contributed by atoms with Crippen LogP contribution in [0, 0.1) is 0 Å². The number of aromatic amines is 1. The summed E-state index contributed by atoms with van der Waals surface area (Å²) in [5.41, 5.74) is 7.59. The molecule has 0 atom stereocenters. The Labute approximate surface area is 166 Å². The van der Waals surface area contributed by atoms with Crippen LogP contribution in [0.1, 0.15) is 0 Å². The number of fused-ring (bicyclic) bond motifs is 1. The van der Waals surface area contributed by atoms with E-state index in [4.69, 9.17) is 28.9 Å². The average molecular weight is 451 g/mol. The molecule has 0 aliphatic rings. The van der Waals surface area contributed by atoms with Gasteiger partial charge in [0.1, 0.15) is 17.2 Å². The minimum Gasteiger partial charge on any atom is -0.368 e. The molecule has 0 bridgehead atoms. The highest BCUT2D eigenvalue weighted by Gasteiger charge is 2.17. The molecule has 7 nitrogen and oxygen atoms in total. The number of aromatic nitrogens is 5. The van der Waals surface area contributed by atoms with Crippen molar-refractivity contribution in [2.24, 2.45) is 0 Å². The lowest BCUT2D eigenvalue weighted by atomic mass is 10.2. The van der Waals surface area contributed by atoms with Gasteiger partial charge < -0.3 is 16.0 Å². The normalized spacial score (nSPS) is 11.0. The van der Waals surface area contributed by atoms with E-state index in [-0.39, 0.29) is 5.95 Å². The molecule has 3 aromatic heterocycles. The van der Waals surface area contributed by atoms with Crippen LogP contribution in [-0.2, 0) is 0 Å². The van der Waals surface area contributed by atoms with Gasteiger partial charge >= 0.3 is 0 Å². The Kier molecular flexibility index (Phi) is 4.39. The standard InChI is InChI=1S/C16H10BrCl2N7/c17-7-6-22-15(23-10-4-5-21-16(20)24-10)13-12(7)25-14(26-13)11-8(18)2-1-3-9(11)19/h1-6H,(H,25,26)(H3,20,21,22,23,24). The maximum Gasteiger partial charge on any atom is 0.221 e. The molecule has 0 saturated carbocycles. The number of halogens is 3. The summed E-state index contributed by atoms with van der Waals surface area (Å²) in [5, 5.41) is 4.10. The third kappa shape index (κ3) is 3.07. The molecule has 3 heterocycles. The van der Waals surface area contributed by atoms with E-state index >= 15 is 0 Å². The molecule has 4 N–H and O–H groups in total. The fraction of sp³-hybridized carbons (Fsp3) is 0. The smallest absolute Gasteiger partial charge is 0.221 e. The Hall–Kier alpha value is -2.42. The third-order valence-electron chi connectivity index (χ3n) is 3.59. The first-order chi connectivity index (χ1) is 12.5. The molecule has 10 heteroatoms. The van der Waals surface area contributed by atoms with Crippen molar-refractivity contribution in [3.63, 3.8) is 0 Å². The zero-order valence-electron chi connectivity index (χ0n) is 13.0.